The van der Waals surface area contributed by atoms with Crippen LogP contribution in [0.25, 0.3) is 0 Å². The number of halogens is 4. The molecule has 0 aromatic heterocycles. The van der Waals surface area contributed by atoms with Crippen LogP contribution >= 0.6 is 0 Å². The molecule has 0 aliphatic carbocycles. The fourth-order valence-electron chi connectivity index (χ4n) is 2.75. The number of nitrogens with zero attached hydrogens (tertiary/aromatic N) is 1. The lowest BCUT2D eigenvalue weighted by atomic mass is 9.83. The van der Waals surface area contributed by atoms with Crippen molar-refractivity contribution in [1.82, 2.24) is 4.90 Å². The van der Waals surface area contributed by atoms with Crippen LogP contribution in [0.2, 0.25) is 0 Å². The molecule has 0 spiro atoms. The van der Waals surface area contributed by atoms with Crippen LogP contribution in [0.1, 0.15) is 24.0 Å². The van der Waals surface area contributed by atoms with Gasteiger partial charge in [0.1, 0.15) is 5.82 Å². The summed E-state index contributed by atoms with van der Waals surface area (Å²) in [6.07, 6.45) is -4.39. The van der Waals surface area contributed by atoms with E-state index in [9.17, 15) is 22.7 Å². The van der Waals surface area contributed by atoms with Crippen molar-refractivity contribution in [3.05, 3.63) is 35.1 Å². The number of hydrogen-bond donors (Lipinski definition) is 1. The van der Waals surface area contributed by atoms with E-state index in [2.05, 4.69) is 0 Å². The molecule has 1 aromatic rings. The predicted molar refractivity (Wildman–Crippen MR) is 72.8 cm³/mol. The van der Waals surface area contributed by atoms with Gasteiger partial charge in [0.25, 0.3) is 0 Å². The number of ether oxygens (including phenoxy) is 1. The van der Waals surface area contributed by atoms with Crippen molar-refractivity contribution < 1.29 is 27.4 Å². The van der Waals surface area contributed by atoms with Gasteiger partial charge in [0.05, 0.1) is 17.8 Å². The van der Waals surface area contributed by atoms with Crippen molar-refractivity contribution in [3.63, 3.8) is 0 Å². The van der Waals surface area contributed by atoms with Gasteiger partial charge >= 0.3 is 6.18 Å². The second-order valence-corrected chi connectivity index (χ2v) is 5.53. The Balaban J connectivity index is 2.19. The Hall–Kier alpha value is -1.18. The highest BCUT2D eigenvalue weighted by atomic mass is 19.4. The Labute approximate surface area is 126 Å². The minimum absolute atomic E-state index is 0.189. The summed E-state index contributed by atoms with van der Waals surface area (Å²) in [5.74, 6) is -1.37. The van der Waals surface area contributed by atoms with Crippen LogP contribution in [0.3, 0.4) is 0 Å². The van der Waals surface area contributed by atoms with Crippen molar-refractivity contribution in [2.75, 3.05) is 33.4 Å². The molecule has 0 unspecified atom stereocenters. The Bertz CT molecular complexity index is 511. The summed E-state index contributed by atoms with van der Waals surface area (Å²) in [5, 5.41) is 10.6. The third kappa shape index (κ3) is 3.59. The van der Waals surface area contributed by atoms with Crippen molar-refractivity contribution in [3.8, 4) is 0 Å². The molecule has 1 aliphatic heterocycles. The predicted octanol–water partition coefficient (Wildman–Crippen LogP) is 2.77. The summed E-state index contributed by atoms with van der Waals surface area (Å²) in [7, 11) is 1.58. The monoisotopic (exact) mass is 321 g/mol. The van der Waals surface area contributed by atoms with E-state index in [4.69, 9.17) is 4.74 Å². The molecule has 22 heavy (non-hydrogen) atoms. The van der Waals surface area contributed by atoms with Crippen molar-refractivity contribution >= 4 is 0 Å². The first kappa shape index (κ1) is 17.2. The minimum Gasteiger partial charge on any atom is -0.385 e. The molecular formula is C15H19F4NO2. The fourth-order valence-corrected chi connectivity index (χ4v) is 2.75. The van der Waals surface area contributed by atoms with Gasteiger partial charge in [-0.05, 0) is 18.9 Å². The number of alkyl halides is 3. The first-order valence-corrected chi connectivity index (χ1v) is 7.08. The zero-order chi connectivity index (χ0) is 16.4. The molecule has 0 amide bonds. The molecule has 1 saturated heterocycles. The van der Waals surface area contributed by atoms with Crippen LogP contribution in [-0.4, -0.2) is 43.4 Å². The topological polar surface area (TPSA) is 32.7 Å². The first-order valence-electron chi connectivity index (χ1n) is 7.08. The second kappa shape index (κ2) is 6.52. The molecule has 0 atom stereocenters. The summed E-state index contributed by atoms with van der Waals surface area (Å²) in [4.78, 5) is 2.03. The van der Waals surface area contributed by atoms with Gasteiger partial charge < -0.3 is 14.7 Å². The molecule has 1 heterocycles. The van der Waals surface area contributed by atoms with E-state index in [0.717, 1.165) is 6.07 Å². The number of likely N-dealkylation sites (tertiary alicyclic amines) is 1. The smallest absolute Gasteiger partial charge is 0.385 e. The molecule has 1 N–H and O–H groups in total. The first-order chi connectivity index (χ1) is 10.3. The molecule has 7 heteroatoms. The van der Waals surface area contributed by atoms with Gasteiger partial charge in [-0.25, -0.2) is 4.39 Å². The van der Waals surface area contributed by atoms with Crippen molar-refractivity contribution in [2.24, 2.45) is 0 Å². The van der Waals surface area contributed by atoms with Crippen molar-refractivity contribution in [1.29, 1.82) is 0 Å². The van der Waals surface area contributed by atoms with Gasteiger partial charge in [-0.15, -0.1) is 0 Å². The summed E-state index contributed by atoms with van der Waals surface area (Å²) in [6, 6.07) is 3.06. The third-order valence-corrected chi connectivity index (χ3v) is 4.10. The highest BCUT2D eigenvalue weighted by Gasteiger charge is 2.41. The van der Waals surface area contributed by atoms with E-state index in [1.807, 2.05) is 4.90 Å². The van der Waals surface area contributed by atoms with Gasteiger partial charge in [-0.3, -0.25) is 0 Å². The van der Waals surface area contributed by atoms with Crippen LogP contribution < -0.4 is 0 Å². The van der Waals surface area contributed by atoms with E-state index < -0.39 is 23.2 Å². The average molecular weight is 321 g/mol. The normalized spacial score (nSPS) is 19.4. The standard InChI is InChI=1S/C15H19F4NO2/c1-22-10-9-20-7-5-14(21,6-8-20)11-3-2-4-12(13(11)16)15(17,18)19/h2-4,21H,5-10H2,1H3. The third-order valence-electron chi connectivity index (χ3n) is 4.10. The maximum atomic E-state index is 14.2. The number of hydrogen-bond acceptors (Lipinski definition) is 3. The number of piperidine rings is 1. The van der Waals surface area contributed by atoms with Crippen LogP contribution in [-0.2, 0) is 16.5 Å². The van der Waals surface area contributed by atoms with Crippen LogP contribution in [0, 0.1) is 5.82 Å². The SMILES string of the molecule is COCCN1CCC(O)(c2cccc(C(F)(F)F)c2F)CC1. The zero-order valence-corrected chi connectivity index (χ0v) is 12.3. The fraction of sp³-hybridized carbons (Fsp3) is 0.600. The van der Waals surface area contributed by atoms with Crippen LogP contribution in [0.15, 0.2) is 18.2 Å². The molecular weight excluding hydrogens is 302 g/mol. The summed E-state index contributed by atoms with van der Waals surface area (Å²) >= 11 is 0. The van der Waals surface area contributed by atoms with Gasteiger partial charge in [-0.1, -0.05) is 12.1 Å². The van der Waals surface area contributed by atoms with E-state index in [-0.39, 0.29) is 18.4 Å². The van der Waals surface area contributed by atoms with E-state index in [1.165, 1.54) is 6.07 Å². The van der Waals surface area contributed by atoms with Gasteiger partial charge in [0.2, 0.25) is 0 Å². The maximum Gasteiger partial charge on any atom is 0.419 e. The summed E-state index contributed by atoms with van der Waals surface area (Å²) in [6.45, 7) is 2.18. The molecule has 0 saturated carbocycles. The average Bonchev–Trinajstić information content (AvgIpc) is 2.45. The second-order valence-electron chi connectivity index (χ2n) is 5.53. The molecule has 1 aliphatic rings. The van der Waals surface area contributed by atoms with Gasteiger partial charge in [-0.2, -0.15) is 13.2 Å². The quantitative estimate of drug-likeness (QED) is 0.866. The maximum absolute atomic E-state index is 14.2. The zero-order valence-electron chi connectivity index (χ0n) is 12.3. The Morgan fingerprint density at radius 3 is 2.45 bits per heavy atom. The largest absolute Gasteiger partial charge is 0.419 e. The Morgan fingerprint density at radius 2 is 1.91 bits per heavy atom. The number of rotatable bonds is 4. The minimum atomic E-state index is -4.77. The number of methoxy groups -OCH3 is 1. The van der Waals surface area contributed by atoms with E-state index in [0.29, 0.717) is 32.3 Å². The highest BCUT2D eigenvalue weighted by Crippen LogP contribution is 2.39. The summed E-state index contributed by atoms with van der Waals surface area (Å²) < 4.78 is 57.5. The molecule has 0 radical (unpaired) electrons. The van der Waals surface area contributed by atoms with E-state index in [1.54, 1.807) is 7.11 Å². The summed E-state index contributed by atoms with van der Waals surface area (Å²) in [5.41, 5.74) is -3.16. The van der Waals surface area contributed by atoms with E-state index >= 15 is 0 Å². The lowest BCUT2D eigenvalue weighted by molar-refractivity contribution is -0.140. The van der Waals surface area contributed by atoms with Gasteiger partial charge in [0.15, 0.2) is 0 Å². The molecule has 2 rings (SSSR count). The lowest BCUT2D eigenvalue weighted by Crippen LogP contribution is -2.44. The molecule has 3 nitrogen and oxygen atoms in total. The molecule has 1 aromatic carbocycles. The number of benzene rings is 1. The van der Waals surface area contributed by atoms with Gasteiger partial charge in [0, 0.05) is 32.3 Å². The van der Waals surface area contributed by atoms with Crippen LogP contribution in [0.4, 0.5) is 17.6 Å². The van der Waals surface area contributed by atoms with Crippen LogP contribution in [0.5, 0.6) is 0 Å². The Morgan fingerprint density at radius 1 is 1.27 bits per heavy atom. The molecule has 1 fully saturated rings. The molecule has 124 valence electrons. The number of aliphatic hydroxyl groups is 1. The molecule has 0 bridgehead atoms. The highest BCUT2D eigenvalue weighted by molar-refractivity contribution is 5.32. The van der Waals surface area contributed by atoms with Crippen molar-refractivity contribution in [2.45, 2.75) is 24.6 Å². The lowest BCUT2D eigenvalue weighted by Gasteiger charge is -2.38. The Kier molecular flexibility index (Phi) is 5.09.